The van der Waals surface area contributed by atoms with Crippen LogP contribution in [0, 0.1) is 6.92 Å². The van der Waals surface area contributed by atoms with Crippen molar-refractivity contribution in [3.63, 3.8) is 0 Å². The summed E-state index contributed by atoms with van der Waals surface area (Å²) in [5, 5.41) is 3.57. The molecular formula is C21H21ClN2O4S. The predicted octanol–water partition coefficient (Wildman–Crippen LogP) is 4.46. The Hall–Kier alpha value is -2.45. The largest absolute Gasteiger partial charge is 0.454 e. The second-order valence-corrected chi connectivity index (χ2v) is 8.39. The number of ether oxygens (including phenoxy) is 1. The normalized spacial score (nSPS) is 13.8. The van der Waals surface area contributed by atoms with Gasteiger partial charge in [0.1, 0.15) is 16.4 Å². The van der Waals surface area contributed by atoms with Crippen molar-refractivity contribution in [3.8, 4) is 11.5 Å². The highest BCUT2D eigenvalue weighted by atomic mass is 35.5. The molecule has 1 fully saturated rings. The van der Waals surface area contributed by atoms with Crippen molar-refractivity contribution in [1.29, 1.82) is 0 Å². The van der Waals surface area contributed by atoms with Gasteiger partial charge in [-0.15, -0.1) is 0 Å². The first-order chi connectivity index (χ1) is 13.8. The zero-order valence-corrected chi connectivity index (χ0v) is 17.3. The van der Waals surface area contributed by atoms with Gasteiger partial charge in [0.25, 0.3) is 10.1 Å². The highest BCUT2D eigenvalue weighted by Gasteiger charge is 2.22. The number of aromatic nitrogens is 1. The monoisotopic (exact) mass is 432 g/mol. The standard InChI is InChI=1S/C16H16ClNO4S.C5H5N/c1-10-2-5-16(23(19,20)21)15(6-10)22-14-7-11(3-4-13(14)17)12-8-18-9-12;1-2-4-6-5-3-1/h2-7,12,18H,8-9H2,1H3,(H,19,20,21);1-5H. The minimum Gasteiger partial charge on any atom is -0.454 e. The summed E-state index contributed by atoms with van der Waals surface area (Å²) in [4.78, 5) is 3.50. The first-order valence-corrected chi connectivity index (χ1v) is 10.8. The molecule has 0 amide bonds. The molecule has 6 nitrogen and oxygen atoms in total. The third-order valence-electron chi connectivity index (χ3n) is 4.37. The molecular weight excluding hydrogens is 412 g/mol. The molecule has 3 aromatic rings. The Kier molecular flexibility index (Phi) is 6.87. The van der Waals surface area contributed by atoms with Crippen molar-refractivity contribution in [3.05, 3.63) is 83.1 Å². The molecule has 0 atom stereocenters. The van der Waals surface area contributed by atoms with E-state index in [1.54, 1.807) is 37.5 Å². The van der Waals surface area contributed by atoms with Crippen molar-refractivity contribution in [2.75, 3.05) is 13.1 Å². The molecule has 2 N–H and O–H groups in total. The van der Waals surface area contributed by atoms with Crippen LogP contribution >= 0.6 is 11.6 Å². The van der Waals surface area contributed by atoms with Gasteiger partial charge in [0.2, 0.25) is 0 Å². The van der Waals surface area contributed by atoms with Gasteiger partial charge < -0.3 is 10.1 Å². The van der Waals surface area contributed by atoms with E-state index in [0.29, 0.717) is 16.7 Å². The van der Waals surface area contributed by atoms with Gasteiger partial charge in [-0.25, -0.2) is 0 Å². The number of hydrogen-bond donors (Lipinski definition) is 2. The molecule has 1 aliphatic rings. The minimum absolute atomic E-state index is 0.0540. The van der Waals surface area contributed by atoms with Crippen LogP contribution in [0.1, 0.15) is 17.0 Å². The van der Waals surface area contributed by atoms with Gasteiger partial charge in [0, 0.05) is 31.4 Å². The summed E-state index contributed by atoms with van der Waals surface area (Å²) in [6.45, 7) is 3.59. The molecule has 152 valence electrons. The predicted molar refractivity (Wildman–Crippen MR) is 112 cm³/mol. The number of pyridine rings is 1. The van der Waals surface area contributed by atoms with Crippen molar-refractivity contribution in [2.45, 2.75) is 17.7 Å². The van der Waals surface area contributed by atoms with Crippen molar-refractivity contribution < 1.29 is 17.7 Å². The topological polar surface area (TPSA) is 88.5 Å². The third-order valence-corrected chi connectivity index (χ3v) is 5.58. The molecule has 0 radical (unpaired) electrons. The Morgan fingerprint density at radius 3 is 2.31 bits per heavy atom. The molecule has 1 aromatic heterocycles. The van der Waals surface area contributed by atoms with Crippen LogP contribution in [-0.2, 0) is 10.1 Å². The Labute approximate surface area is 175 Å². The second kappa shape index (κ2) is 9.37. The van der Waals surface area contributed by atoms with Gasteiger partial charge in [-0.05, 0) is 54.4 Å². The summed E-state index contributed by atoms with van der Waals surface area (Å²) in [7, 11) is -4.38. The zero-order chi connectivity index (χ0) is 20.9. The number of nitrogens with one attached hydrogen (secondary N) is 1. The van der Waals surface area contributed by atoms with Gasteiger partial charge in [0.05, 0.1) is 5.02 Å². The number of halogens is 1. The molecule has 29 heavy (non-hydrogen) atoms. The van der Waals surface area contributed by atoms with Gasteiger partial charge in [-0.1, -0.05) is 29.8 Å². The van der Waals surface area contributed by atoms with Gasteiger partial charge >= 0.3 is 0 Å². The number of nitrogens with zero attached hydrogens (tertiary/aromatic N) is 1. The molecule has 0 bridgehead atoms. The lowest BCUT2D eigenvalue weighted by Gasteiger charge is -2.28. The van der Waals surface area contributed by atoms with Crippen LogP contribution in [0.15, 0.2) is 71.9 Å². The summed E-state index contributed by atoms with van der Waals surface area (Å²) in [6, 6.07) is 15.6. The first kappa shape index (κ1) is 21.3. The van der Waals surface area contributed by atoms with Crippen LogP contribution in [0.5, 0.6) is 11.5 Å². The Morgan fingerprint density at radius 1 is 1.07 bits per heavy atom. The fourth-order valence-corrected chi connectivity index (χ4v) is 3.47. The van der Waals surface area contributed by atoms with Crippen LogP contribution in [0.3, 0.4) is 0 Å². The fourth-order valence-electron chi connectivity index (χ4n) is 2.72. The number of rotatable bonds is 4. The summed E-state index contributed by atoms with van der Waals surface area (Å²) in [5.74, 6) is 0.818. The number of aryl methyl sites for hydroxylation is 1. The van der Waals surface area contributed by atoms with Gasteiger partial charge in [-0.2, -0.15) is 8.42 Å². The van der Waals surface area contributed by atoms with Crippen LogP contribution in [-0.4, -0.2) is 31.0 Å². The molecule has 0 saturated carbocycles. The van der Waals surface area contributed by atoms with E-state index in [9.17, 15) is 13.0 Å². The van der Waals surface area contributed by atoms with Crippen LogP contribution in [0.4, 0.5) is 0 Å². The molecule has 1 saturated heterocycles. The van der Waals surface area contributed by atoms with E-state index in [-0.39, 0.29) is 10.6 Å². The Morgan fingerprint density at radius 2 is 1.79 bits per heavy atom. The Balaban J connectivity index is 0.000000343. The van der Waals surface area contributed by atoms with E-state index < -0.39 is 10.1 Å². The van der Waals surface area contributed by atoms with E-state index in [1.165, 1.54) is 6.07 Å². The Bertz CT molecular complexity index is 1040. The molecule has 0 unspecified atom stereocenters. The summed E-state index contributed by atoms with van der Waals surface area (Å²) in [5.41, 5.74) is 1.88. The highest BCUT2D eigenvalue weighted by molar-refractivity contribution is 7.86. The maximum Gasteiger partial charge on any atom is 0.298 e. The number of hydrogen-bond acceptors (Lipinski definition) is 5. The van der Waals surface area contributed by atoms with E-state index in [1.807, 2.05) is 30.3 Å². The SMILES string of the molecule is Cc1ccc(S(=O)(=O)O)c(Oc2cc(C3CNC3)ccc2Cl)c1.c1ccncc1. The number of benzene rings is 2. The summed E-state index contributed by atoms with van der Waals surface area (Å²) >= 11 is 6.17. The van der Waals surface area contributed by atoms with Crippen LogP contribution in [0.2, 0.25) is 5.02 Å². The van der Waals surface area contributed by atoms with E-state index >= 15 is 0 Å². The third kappa shape index (κ3) is 5.77. The maximum absolute atomic E-state index is 11.5. The lowest BCUT2D eigenvalue weighted by atomic mass is 9.94. The molecule has 1 aliphatic heterocycles. The first-order valence-electron chi connectivity index (χ1n) is 8.96. The average molecular weight is 433 g/mol. The van der Waals surface area contributed by atoms with Crippen molar-refractivity contribution in [1.82, 2.24) is 10.3 Å². The molecule has 2 heterocycles. The maximum atomic E-state index is 11.5. The molecule has 0 spiro atoms. The van der Waals surface area contributed by atoms with Gasteiger partial charge in [-0.3, -0.25) is 9.54 Å². The van der Waals surface area contributed by atoms with E-state index in [2.05, 4.69) is 10.3 Å². The molecule has 2 aromatic carbocycles. The second-order valence-electron chi connectivity index (χ2n) is 6.60. The lowest BCUT2D eigenvalue weighted by molar-refractivity contribution is 0.437. The minimum atomic E-state index is -4.38. The fraction of sp³-hybridized carbons (Fsp3) is 0.190. The van der Waals surface area contributed by atoms with Gasteiger partial charge in [0.15, 0.2) is 0 Å². The van der Waals surface area contributed by atoms with Crippen LogP contribution in [0.25, 0.3) is 0 Å². The zero-order valence-electron chi connectivity index (χ0n) is 15.7. The van der Waals surface area contributed by atoms with E-state index in [0.717, 1.165) is 24.2 Å². The molecule has 4 rings (SSSR count). The highest BCUT2D eigenvalue weighted by Crippen LogP contribution is 2.36. The quantitative estimate of drug-likeness (QED) is 0.592. The smallest absolute Gasteiger partial charge is 0.298 e. The molecule has 8 heteroatoms. The van der Waals surface area contributed by atoms with Crippen molar-refractivity contribution >= 4 is 21.7 Å². The average Bonchev–Trinajstić information content (AvgIpc) is 2.64. The summed E-state index contributed by atoms with van der Waals surface area (Å²) in [6.07, 6.45) is 3.50. The van der Waals surface area contributed by atoms with Crippen LogP contribution < -0.4 is 10.1 Å². The van der Waals surface area contributed by atoms with E-state index in [4.69, 9.17) is 16.3 Å². The molecule has 0 aliphatic carbocycles. The summed E-state index contributed by atoms with van der Waals surface area (Å²) < 4.78 is 38.1. The lowest BCUT2D eigenvalue weighted by Crippen LogP contribution is -2.39. The van der Waals surface area contributed by atoms with Crippen molar-refractivity contribution in [2.24, 2.45) is 0 Å².